The Morgan fingerprint density at radius 2 is 1.88 bits per heavy atom. The van der Waals surface area contributed by atoms with Crippen molar-refractivity contribution in [3.05, 3.63) is 72.4 Å². The molecule has 1 aromatic carbocycles. The molecule has 0 radical (unpaired) electrons. The summed E-state index contributed by atoms with van der Waals surface area (Å²) in [6.45, 7) is 3.26. The van der Waals surface area contributed by atoms with Gasteiger partial charge in [-0.05, 0) is 35.9 Å². The average molecular weight is 577 g/mol. The monoisotopic (exact) mass is 577 g/mol. The second-order valence-electron chi connectivity index (χ2n) is 7.61. The van der Waals surface area contributed by atoms with Gasteiger partial charge in [0, 0.05) is 57.9 Å². The summed E-state index contributed by atoms with van der Waals surface area (Å²) < 4.78 is 6.80. The van der Waals surface area contributed by atoms with Crippen molar-refractivity contribution in [2.45, 2.75) is 13.1 Å². The molecule has 1 aliphatic heterocycles. The zero-order chi connectivity index (χ0) is 23.0. The van der Waals surface area contributed by atoms with Gasteiger partial charge in [0.05, 0.1) is 6.26 Å². The minimum atomic E-state index is -0.137. The first-order chi connectivity index (χ1) is 16.1. The number of halogens is 1. The van der Waals surface area contributed by atoms with E-state index in [1.807, 2.05) is 24.3 Å². The summed E-state index contributed by atoms with van der Waals surface area (Å²) in [7, 11) is 1.74. The number of furan rings is 1. The molecule has 3 aromatic rings. The minimum absolute atomic E-state index is 0. The van der Waals surface area contributed by atoms with Crippen LogP contribution in [0.15, 0.2) is 70.5 Å². The van der Waals surface area contributed by atoms with E-state index < -0.39 is 0 Å². The van der Waals surface area contributed by atoms with Crippen LogP contribution in [0.4, 0.5) is 5.69 Å². The lowest BCUT2D eigenvalue weighted by molar-refractivity contribution is -0.116. The first-order valence-corrected chi connectivity index (χ1v) is 10.8. The molecule has 11 heteroatoms. The van der Waals surface area contributed by atoms with Gasteiger partial charge in [0.1, 0.15) is 6.54 Å². The molecule has 1 aliphatic rings. The van der Waals surface area contributed by atoms with Crippen molar-refractivity contribution in [2.75, 3.05) is 38.5 Å². The van der Waals surface area contributed by atoms with Crippen LogP contribution in [0, 0.1) is 0 Å². The second kappa shape index (κ2) is 12.2. The van der Waals surface area contributed by atoms with Gasteiger partial charge in [0.15, 0.2) is 11.7 Å². The number of guanidine groups is 1. The van der Waals surface area contributed by atoms with Crippen molar-refractivity contribution in [1.29, 1.82) is 0 Å². The first kappa shape index (κ1) is 25.3. The highest BCUT2D eigenvalue weighted by Gasteiger charge is 2.25. The van der Waals surface area contributed by atoms with Crippen LogP contribution in [0.3, 0.4) is 0 Å². The van der Waals surface area contributed by atoms with Crippen molar-refractivity contribution in [3.8, 4) is 0 Å². The molecule has 0 aliphatic carbocycles. The highest BCUT2D eigenvalue weighted by atomic mass is 127. The number of carbonyl (C=O) groups excluding carboxylic acids is 2. The lowest BCUT2D eigenvalue weighted by Crippen LogP contribution is -2.53. The Morgan fingerprint density at radius 3 is 2.56 bits per heavy atom. The number of rotatable bonds is 6. The van der Waals surface area contributed by atoms with Crippen LogP contribution >= 0.6 is 24.0 Å². The van der Waals surface area contributed by atoms with Gasteiger partial charge >= 0.3 is 0 Å². The zero-order valence-electron chi connectivity index (χ0n) is 18.9. The number of benzene rings is 1. The van der Waals surface area contributed by atoms with Gasteiger partial charge < -0.3 is 24.9 Å². The Bertz CT molecular complexity index is 1090. The van der Waals surface area contributed by atoms with E-state index in [0.29, 0.717) is 38.5 Å². The number of hydrogen-bond acceptors (Lipinski definition) is 5. The maximum atomic E-state index is 12.4. The van der Waals surface area contributed by atoms with Gasteiger partial charge in [-0.25, -0.2) is 0 Å². The van der Waals surface area contributed by atoms with Gasteiger partial charge in [-0.15, -0.1) is 24.0 Å². The minimum Gasteiger partial charge on any atom is -0.459 e. The van der Waals surface area contributed by atoms with Gasteiger partial charge in [0.2, 0.25) is 5.91 Å². The first-order valence-electron chi connectivity index (χ1n) is 10.8. The van der Waals surface area contributed by atoms with E-state index in [2.05, 4.69) is 25.6 Å². The highest BCUT2D eigenvalue weighted by Crippen LogP contribution is 2.12. The number of aromatic nitrogens is 2. The molecule has 0 bridgehead atoms. The fourth-order valence-electron chi connectivity index (χ4n) is 3.69. The smallest absolute Gasteiger partial charge is 0.289 e. The Labute approximate surface area is 215 Å². The Kier molecular flexibility index (Phi) is 9.08. The van der Waals surface area contributed by atoms with E-state index >= 15 is 0 Å². The molecule has 10 nitrogen and oxygen atoms in total. The fourth-order valence-corrected chi connectivity index (χ4v) is 3.69. The Morgan fingerprint density at radius 1 is 1.09 bits per heavy atom. The summed E-state index contributed by atoms with van der Waals surface area (Å²) in [6, 6.07) is 12.9. The summed E-state index contributed by atoms with van der Waals surface area (Å²) in [5, 5.41) is 10.3. The number of nitrogens with one attached hydrogen (secondary N) is 2. The van der Waals surface area contributed by atoms with Crippen LogP contribution in [0.2, 0.25) is 0 Å². The van der Waals surface area contributed by atoms with Crippen molar-refractivity contribution in [3.63, 3.8) is 0 Å². The molecule has 0 atom stereocenters. The van der Waals surface area contributed by atoms with Gasteiger partial charge in [-0.1, -0.05) is 12.1 Å². The number of nitrogens with zero attached hydrogens (tertiary/aromatic N) is 5. The van der Waals surface area contributed by atoms with Crippen LogP contribution in [0.1, 0.15) is 16.1 Å². The predicted molar refractivity (Wildman–Crippen MR) is 139 cm³/mol. The van der Waals surface area contributed by atoms with Crippen LogP contribution in [-0.2, 0) is 17.9 Å². The number of anilines is 1. The zero-order valence-corrected chi connectivity index (χ0v) is 21.2. The van der Waals surface area contributed by atoms with Crippen LogP contribution in [0.5, 0.6) is 0 Å². The molecule has 180 valence electrons. The third kappa shape index (κ3) is 6.59. The maximum absolute atomic E-state index is 12.4. The van der Waals surface area contributed by atoms with E-state index in [0.717, 1.165) is 17.2 Å². The largest absolute Gasteiger partial charge is 0.459 e. The molecule has 1 fully saturated rings. The molecule has 0 unspecified atom stereocenters. The van der Waals surface area contributed by atoms with E-state index in [9.17, 15) is 9.59 Å². The van der Waals surface area contributed by atoms with Crippen molar-refractivity contribution >= 4 is 47.4 Å². The molecular formula is C23H28IN7O3. The second-order valence-corrected chi connectivity index (χ2v) is 7.61. The standard InChI is InChI=1S/C23H27N7O3.HI/c1-24-23(29-12-10-28(11-13-29)22(32)20-7-3-14-33-20)25-16-18-5-2-6-19(15-18)27-21(31)17-30-9-4-8-26-30;/h2-9,14-15H,10-13,16-17H2,1H3,(H,24,25)(H,27,31);1H. The van der Waals surface area contributed by atoms with E-state index in [-0.39, 0.29) is 42.3 Å². The molecule has 34 heavy (non-hydrogen) atoms. The molecule has 3 heterocycles. The molecule has 0 spiro atoms. The molecule has 4 rings (SSSR count). The summed E-state index contributed by atoms with van der Waals surface area (Å²) in [5.74, 6) is 0.909. The van der Waals surface area contributed by atoms with E-state index in [4.69, 9.17) is 4.42 Å². The number of aliphatic imine (C=N–C) groups is 1. The summed E-state index contributed by atoms with van der Waals surface area (Å²) >= 11 is 0. The third-order valence-electron chi connectivity index (χ3n) is 5.34. The van der Waals surface area contributed by atoms with Crippen LogP contribution in [-0.4, -0.2) is 70.6 Å². The normalized spacial score (nSPS) is 13.9. The summed E-state index contributed by atoms with van der Waals surface area (Å²) in [5.41, 5.74) is 1.74. The predicted octanol–water partition coefficient (Wildman–Crippen LogP) is 2.27. The molecule has 2 aromatic heterocycles. The van der Waals surface area contributed by atoms with Crippen molar-refractivity contribution in [1.82, 2.24) is 24.9 Å². The molecule has 2 N–H and O–H groups in total. The Balaban J connectivity index is 0.00000324. The van der Waals surface area contributed by atoms with Crippen LogP contribution in [0.25, 0.3) is 0 Å². The quantitative estimate of drug-likeness (QED) is 0.265. The third-order valence-corrected chi connectivity index (χ3v) is 5.34. The molecule has 2 amide bonds. The summed E-state index contributed by atoms with van der Waals surface area (Å²) in [4.78, 5) is 33.0. The highest BCUT2D eigenvalue weighted by molar-refractivity contribution is 14.0. The van der Waals surface area contributed by atoms with Gasteiger partial charge in [-0.2, -0.15) is 5.10 Å². The number of piperazine rings is 1. The van der Waals surface area contributed by atoms with Crippen LogP contribution < -0.4 is 10.6 Å². The number of amides is 2. The summed E-state index contributed by atoms with van der Waals surface area (Å²) in [6.07, 6.45) is 4.90. The lowest BCUT2D eigenvalue weighted by atomic mass is 10.2. The average Bonchev–Trinajstić information content (AvgIpc) is 3.54. The lowest BCUT2D eigenvalue weighted by Gasteiger charge is -2.36. The van der Waals surface area contributed by atoms with E-state index in [1.165, 1.54) is 6.26 Å². The maximum Gasteiger partial charge on any atom is 0.289 e. The van der Waals surface area contributed by atoms with Gasteiger partial charge in [0.25, 0.3) is 5.91 Å². The van der Waals surface area contributed by atoms with E-state index in [1.54, 1.807) is 47.2 Å². The van der Waals surface area contributed by atoms with Gasteiger partial charge in [-0.3, -0.25) is 19.3 Å². The number of hydrogen-bond donors (Lipinski definition) is 2. The molecule has 1 saturated heterocycles. The topological polar surface area (TPSA) is 108 Å². The van der Waals surface area contributed by atoms with Crippen molar-refractivity contribution in [2.24, 2.45) is 4.99 Å². The Hall–Kier alpha value is -3.35. The number of carbonyl (C=O) groups is 2. The molecule has 0 saturated carbocycles. The molecular weight excluding hydrogens is 549 g/mol. The van der Waals surface area contributed by atoms with Crippen molar-refractivity contribution < 1.29 is 14.0 Å². The SMILES string of the molecule is CN=C(NCc1cccc(NC(=O)Cn2cccn2)c1)N1CCN(C(=O)c2ccco2)CC1.I. The fraction of sp³-hybridized carbons (Fsp3) is 0.304.